The van der Waals surface area contributed by atoms with Crippen LogP contribution in [0.3, 0.4) is 0 Å². The molecule has 0 aromatic heterocycles. The molecule has 2 aromatic rings. The molecule has 26 heavy (non-hydrogen) atoms. The van der Waals surface area contributed by atoms with E-state index in [4.69, 9.17) is 16.3 Å². The van der Waals surface area contributed by atoms with Crippen molar-refractivity contribution in [2.75, 3.05) is 13.6 Å². The van der Waals surface area contributed by atoms with Crippen molar-refractivity contribution in [1.29, 1.82) is 0 Å². The van der Waals surface area contributed by atoms with Crippen LogP contribution >= 0.6 is 11.6 Å². The van der Waals surface area contributed by atoms with Gasteiger partial charge in [-0.05, 0) is 68.1 Å². The number of nitrogens with zero attached hydrogens (tertiary/aromatic N) is 2. The Morgan fingerprint density at radius 3 is 2.54 bits per heavy atom. The van der Waals surface area contributed by atoms with Crippen LogP contribution in [0.5, 0.6) is 0 Å². The number of ether oxygens (including phenoxy) is 1. The van der Waals surface area contributed by atoms with Gasteiger partial charge in [-0.1, -0.05) is 23.7 Å². The van der Waals surface area contributed by atoms with Crippen molar-refractivity contribution in [3.8, 4) is 0 Å². The molecular formula is C21H25ClN2O2. The third kappa shape index (κ3) is 5.09. The number of carbonyl (C=O) groups excluding carboxylic acids is 1. The van der Waals surface area contributed by atoms with Crippen molar-refractivity contribution in [3.63, 3.8) is 0 Å². The lowest BCUT2D eigenvalue weighted by atomic mass is 10.0. The highest BCUT2D eigenvalue weighted by Gasteiger charge is 2.13. The first-order valence-electron chi connectivity index (χ1n) is 8.59. The summed E-state index contributed by atoms with van der Waals surface area (Å²) >= 11 is 6.11. The van der Waals surface area contributed by atoms with E-state index in [2.05, 4.69) is 11.9 Å². The Balaban J connectivity index is 2.12. The lowest BCUT2D eigenvalue weighted by Gasteiger charge is -2.12. The first-order chi connectivity index (χ1) is 12.3. The summed E-state index contributed by atoms with van der Waals surface area (Å²) in [4.78, 5) is 18.9. The normalized spacial score (nSPS) is 11.0. The molecule has 0 bridgehead atoms. The van der Waals surface area contributed by atoms with Crippen LogP contribution in [-0.4, -0.2) is 30.8 Å². The second-order valence-corrected chi connectivity index (χ2v) is 6.84. The first-order valence-corrected chi connectivity index (χ1v) is 8.97. The van der Waals surface area contributed by atoms with Gasteiger partial charge in [0.05, 0.1) is 17.6 Å². The monoisotopic (exact) mass is 372 g/mol. The van der Waals surface area contributed by atoms with Crippen LogP contribution in [0, 0.1) is 20.8 Å². The summed E-state index contributed by atoms with van der Waals surface area (Å²) < 4.78 is 5.46. The van der Waals surface area contributed by atoms with Crippen molar-refractivity contribution in [3.05, 3.63) is 63.2 Å². The molecule has 5 heteroatoms. The van der Waals surface area contributed by atoms with Crippen LogP contribution in [0.15, 0.2) is 35.3 Å². The van der Waals surface area contributed by atoms with Crippen LogP contribution in [0.4, 0.5) is 5.69 Å². The molecule has 0 aliphatic rings. The number of hydrogen-bond donors (Lipinski definition) is 0. The van der Waals surface area contributed by atoms with Crippen molar-refractivity contribution >= 4 is 29.6 Å². The van der Waals surface area contributed by atoms with Gasteiger partial charge in [-0.25, -0.2) is 9.79 Å². The van der Waals surface area contributed by atoms with Gasteiger partial charge in [0.1, 0.15) is 6.61 Å². The highest BCUT2D eigenvalue weighted by atomic mass is 35.5. The molecule has 0 aliphatic heterocycles. The summed E-state index contributed by atoms with van der Waals surface area (Å²) in [5.41, 5.74) is 5.05. The predicted molar refractivity (Wildman–Crippen MR) is 108 cm³/mol. The number of rotatable bonds is 6. The maximum atomic E-state index is 12.5. The number of carbonyl (C=O) groups is 1. The van der Waals surface area contributed by atoms with E-state index in [1.54, 1.807) is 6.34 Å². The topological polar surface area (TPSA) is 41.9 Å². The molecule has 0 aliphatic carbocycles. The quantitative estimate of drug-likeness (QED) is 0.396. The van der Waals surface area contributed by atoms with Crippen molar-refractivity contribution in [2.45, 2.75) is 34.3 Å². The lowest BCUT2D eigenvalue weighted by molar-refractivity contribution is 0.0472. The van der Waals surface area contributed by atoms with Gasteiger partial charge in [-0.15, -0.1) is 0 Å². The highest BCUT2D eigenvalue weighted by molar-refractivity contribution is 6.31. The molecule has 0 spiro atoms. The molecule has 0 radical (unpaired) electrons. The van der Waals surface area contributed by atoms with Crippen molar-refractivity contribution in [1.82, 2.24) is 4.90 Å². The molecule has 4 nitrogen and oxygen atoms in total. The van der Waals surface area contributed by atoms with Crippen LogP contribution in [0.2, 0.25) is 5.02 Å². The van der Waals surface area contributed by atoms with Crippen LogP contribution < -0.4 is 0 Å². The average molecular weight is 373 g/mol. The molecule has 2 aromatic carbocycles. The number of esters is 1. The molecule has 0 atom stereocenters. The Morgan fingerprint density at radius 1 is 1.15 bits per heavy atom. The zero-order valence-electron chi connectivity index (χ0n) is 16.0. The van der Waals surface area contributed by atoms with E-state index in [1.807, 2.05) is 63.1 Å². The minimum atomic E-state index is -0.344. The number of halogens is 1. The Hall–Kier alpha value is -2.33. The average Bonchev–Trinajstić information content (AvgIpc) is 2.62. The molecule has 0 fully saturated rings. The Morgan fingerprint density at radius 2 is 1.88 bits per heavy atom. The van der Waals surface area contributed by atoms with Crippen LogP contribution in [0.1, 0.15) is 39.5 Å². The van der Waals surface area contributed by atoms with Gasteiger partial charge in [0.15, 0.2) is 0 Å². The molecule has 0 saturated heterocycles. The second-order valence-electron chi connectivity index (χ2n) is 6.43. The summed E-state index contributed by atoms with van der Waals surface area (Å²) in [5, 5.41) is 0.671. The SMILES string of the molecule is CCN(C)C=Nc1cc(C)c(C(=O)OCc2ccc(C)c(Cl)c2)cc1C. The molecule has 138 valence electrons. The third-order valence-electron chi connectivity index (χ3n) is 4.26. The van der Waals surface area contributed by atoms with Crippen molar-refractivity contribution < 1.29 is 9.53 Å². The molecule has 0 heterocycles. The Bertz CT molecular complexity index is 831. The summed E-state index contributed by atoms with van der Waals surface area (Å²) in [7, 11) is 1.97. The number of benzene rings is 2. The van der Waals surface area contributed by atoms with Gasteiger partial charge in [0.2, 0.25) is 0 Å². The van der Waals surface area contributed by atoms with Crippen LogP contribution in [-0.2, 0) is 11.3 Å². The minimum Gasteiger partial charge on any atom is -0.457 e. The van der Waals surface area contributed by atoms with E-state index in [0.29, 0.717) is 10.6 Å². The number of aliphatic imine (C=N–C) groups is 1. The predicted octanol–water partition coefficient (Wildman–Crippen LogP) is 5.23. The minimum absolute atomic E-state index is 0.193. The van der Waals surface area contributed by atoms with E-state index < -0.39 is 0 Å². The van der Waals surface area contributed by atoms with Gasteiger partial charge in [-0.3, -0.25) is 0 Å². The molecule has 2 rings (SSSR count). The zero-order valence-corrected chi connectivity index (χ0v) is 16.7. The van der Waals surface area contributed by atoms with Gasteiger partial charge >= 0.3 is 5.97 Å². The molecule has 0 unspecified atom stereocenters. The van der Waals surface area contributed by atoms with Gasteiger partial charge in [-0.2, -0.15) is 0 Å². The maximum Gasteiger partial charge on any atom is 0.338 e. The van der Waals surface area contributed by atoms with Gasteiger partial charge in [0.25, 0.3) is 0 Å². The van der Waals surface area contributed by atoms with E-state index in [-0.39, 0.29) is 12.6 Å². The van der Waals surface area contributed by atoms with E-state index in [0.717, 1.165) is 34.5 Å². The largest absolute Gasteiger partial charge is 0.457 e. The summed E-state index contributed by atoms with van der Waals surface area (Å²) in [6, 6.07) is 9.40. The summed E-state index contributed by atoms with van der Waals surface area (Å²) in [6.45, 7) is 8.90. The number of hydrogen-bond acceptors (Lipinski definition) is 3. The molecule has 0 saturated carbocycles. The van der Waals surface area contributed by atoms with E-state index in [1.165, 1.54) is 0 Å². The van der Waals surface area contributed by atoms with E-state index >= 15 is 0 Å². The fourth-order valence-corrected chi connectivity index (χ4v) is 2.56. The zero-order chi connectivity index (χ0) is 19.3. The second kappa shape index (κ2) is 8.86. The smallest absolute Gasteiger partial charge is 0.338 e. The van der Waals surface area contributed by atoms with E-state index in [9.17, 15) is 4.79 Å². The highest BCUT2D eigenvalue weighted by Crippen LogP contribution is 2.24. The molecule has 0 N–H and O–H groups in total. The standard InChI is InChI=1S/C21H25ClN2O2/c1-6-24(5)13-23-20-10-15(3)18(9-16(20)4)21(25)26-12-17-8-7-14(2)19(22)11-17/h7-11,13H,6,12H2,1-5H3. The maximum absolute atomic E-state index is 12.5. The Labute approximate surface area is 160 Å². The molecule has 0 amide bonds. The Kier molecular flexibility index (Phi) is 6.81. The number of aryl methyl sites for hydroxylation is 3. The first kappa shape index (κ1) is 20.0. The van der Waals surface area contributed by atoms with Gasteiger partial charge < -0.3 is 9.64 Å². The summed E-state index contributed by atoms with van der Waals surface area (Å²) in [5.74, 6) is -0.344. The fraction of sp³-hybridized carbons (Fsp3) is 0.333. The molecular weight excluding hydrogens is 348 g/mol. The summed E-state index contributed by atoms with van der Waals surface area (Å²) in [6.07, 6.45) is 1.79. The third-order valence-corrected chi connectivity index (χ3v) is 4.67. The lowest BCUT2D eigenvalue weighted by Crippen LogP contribution is -2.14. The van der Waals surface area contributed by atoms with Crippen molar-refractivity contribution in [2.24, 2.45) is 4.99 Å². The van der Waals surface area contributed by atoms with Crippen LogP contribution in [0.25, 0.3) is 0 Å². The van der Waals surface area contributed by atoms with Gasteiger partial charge in [0, 0.05) is 18.6 Å². The fourth-order valence-electron chi connectivity index (χ4n) is 2.36.